The number of hydrogen-bond donors (Lipinski definition) is 1. The first-order valence-corrected chi connectivity index (χ1v) is 5.78. The van der Waals surface area contributed by atoms with E-state index in [4.69, 9.17) is 9.47 Å². The summed E-state index contributed by atoms with van der Waals surface area (Å²) in [6, 6.07) is 7.71. The molecule has 1 N–H and O–H groups in total. The number of esters is 1. The molecule has 0 radical (unpaired) electrons. The van der Waals surface area contributed by atoms with E-state index in [1.165, 1.54) is 0 Å². The number of anilines is 1. The van der Waals surface area contributed by atoms with Gasteiger partial charge in [0, 0.05) is 0 Å². The molecule has 1 aromatic rings. The molecule has 0 unspecified atom stereocenters. The second-order valence-corrected chi connectivity index (χ2v) is 4.45. The maximum absolute atomic E-state index is 11.5. The van der Waals surface area contributed by atoms with Crippen molar-refractivity contribution < 1.29 is 14.3 Å². The standard InChI is InChI=1S/C13H17NO3/c1-3-16-12(15)8-13(2)9-17-11-7-5-4-6-10(11)14-13/h4-7,14H,3,8-9H2,1-2H3/t13-/m0/s1. The Bertz CT molecular complexity index is 419. The summed E-state index contributed by atoms with van der Waals surface area (Å²) in [5.74, 6) is 0.624. The number of para-hydroxylation sites is 2. The highest BCUT2D eigenvalue weighted by Crippen LogP contribution is 2.33. The van der Waals surface area contributed by atoms with Gasteiger partial charge in [-0.05, 0) is 26.0 Å². The lowest BCUT2D eigenvalue weighted by Gasteiger charge is -2.36. The Morgan fingerprint density at radius 3 is 3.06 bits per heavy atom. The summed E-state index contributed by atoms with van der Waals surface area (Å²) in [6.45, 7) is 4.63. The smallest absolute Gasteiger partial charge is 0.308 e. The lowest BCUT2D eigenvalue weighted by molar-refractivity contribution is -0.144. The highest BCUT2D eigenvalue weighted by atomic mass is 16.5. The molecule has 1 atom stereocenters. The molecule has 92 valence electrons. The van der Waals surface area contributed by atoms with E-state index < -0.39 is 5.54 Å². The summed E-state index contributed by atoms with van der Waals surface area (Å²) in [7, 11) is 0. The SMILES string of the molecule is CCOC(=O)C[C@@]1(C)COc2ccccc2N1. The summed E-state index contributed by atoms with van der Waals surface area (Å²) >= 11 is 0. The first kappa shape index (κ1) is 11.8. The van der Waals surface area contributed by atoms with E-state index in [1.54, 1.807) is 6.92 Å². The Morgan fingerprint density at radius 2 is 2.29 bits per heavy atom. The topological polar surface area (TPSA) is 47.6 Å². The van der Waals surface area contributed by atoms with Gasteiger partial charge in [-0.2, -0.15) is 0 Å². The van der Waals surface area contributed by atoms with Crippen LogP contribution in [0.15, 0.2) is 24.3 Å². The van der Waals surface area contributed by atoms with Crippen LogP contribution in [-0.4, -0.2) is 24.7 Å². The Hall–Kier alpha value is -1.71. The zero-order valence-electron chi connectivity index (χ0n) is 10.2. The Labute approximate surface area is 101 Å². The minimum Gasteiger partial charge on any atom is -0.489 e. The van der Waals surface area contributed by atoms with Gasteiger partial charge in [-0.1, -0.05) is 12.1 Å². The molecule has 1 heterocycles. The van der Waals surface area contributed by atoms with Crippen molar-refractivity contribution in [3.63, 3.8) is 0 Å². The Kier molecular flexibility index (Phi) is 3.22. The molecule has 4 heteroatoms. The minimum absolute atomic E-state index is 0.203. The van der Waals surface area contributed by atoms with E-state index in [1.807, 2.05) is 31.2 Å². The Morgan fingerprint density at radius 1 is 1.53 bits per heavy atom. The maximum Gasteiger partial charge on any atom is 0.308 e. The summed E-state index contributed by atoms with van der Waals surface area (Å²) in [5, 5.41) is 3.34. The zero-order valence-corrected chi connectivity index (χ0v) is 10.2. The molecular formula is C13H17NO3. The molecule has 0 saturated heterocycles. The van der Waals surface area contributed by atoms with Crippen molar-refractivity contribution >= 4 is 11.7 Å². The van der Waals surface area contributed by atoms with Crippen molar-refractivity contribution in [3.05, 3.63) is 24.3 Å². The van der Waals surface area contributed by atoms with Crippen LogP contribution >= 0.6 is 0 Å². The van der Waals surface area contributed by atoms with Crippen LogP contribution in [0.3, 0.4) is 0 Å². The Balaban J connectivity index is 2.07. The largest absolute Gasteiger partial charge is 0.489 e. The van der Waals surface area contributed by atoms with Gasteiger partial charge in [0.1, 0.15) is 12.4 Å². The van der Waals surface area contributed by atoms with Crippen molar-refractivity contribution in [2.24, 2.45) is 0 Å². The second-order valence-electron chi connectivity index (χ2n) is 4.45. The van der Waals surface area contributed by atoms with Gasteiger partial charge in [-0.15, -0.1) is 0 Å². The molecule has 0 amide bonds. The van der Waals surface area contributed by atoms with Crippen LogP contribution < -0.4 is 10.1 Å². The number of nitrogens with one attached hydrogen (secondary N) is 1. The molecule has 4 nitrogen and oxygen atoms in total. The summed E-state index contributed by atoms with van der Waals surface area (Å²) < 4.78 is 10.6. The highest BCUT2D eigenvalue weighted by molar-refractivity contribution is 5.72. The fourth-order valence-electron chi connectivity index (χ4n) is 1.92. The summed E-state index contributed by atoms with van der Waals surface area (Å²) in [6.07, 6.45) is 0.301. The van der Waals surface area contributed by atoms with Gasteiger partial charge in [-0.25, -0.2) is 0 Å². The maximum atomic E-state index is 11.5. The van der Waals surface area contributed by atoms with E-state index in [-0.39, 0.29) is 5.97 Å². The zero-order chi connectivity index (χ0) is 12.3. The fourth-order valence-corrected chi connectivity index (χ4v) is 1.92. The monoisotopic (exact) mass is 235 g/mol. The van der Waals surface area contributed by atoms with E-state index in [0.29, 0.717) is 19.6 Å². The fraction of sp³-hybridized carbons (Fsp3) is 0.462. The molecule has 0 aromatic heterocycles. The van der Waals surface area contributed by atoms with E-state index in [2.05, 4.69) is 5.32 Å². The highest BCUT2D eigenvalue weighted by Gasteiger charge is 2.33. The molecule has 1 aliphatic heterocycles. The molecule has 0 saturated carbocycles. The predicted molar refractivity (Wildman–Crippen MR) is 65.2 cm³/mol. The normalized spacial score (nSPS) is 22.0. The van der Waals surface area contributed by atoms with Crippen molar-refractivity contribution in [1.82, 2.24) is 0 Å². The van der Waals surface area contributed by atoms with Gasteiger partial charge in [0.05, 0.1) is 24.3 Å². The first-order valence-electron chi connectivity index (χ1n) is 5.78. The van der Waals surface area contributed by atoms with Crippen LogP contribution in [0.1, 0.15) is 20.3 Å². The number of fused-ring (bicyclic) bond motifs is 1. The number of hydrogen-bond acceptors (Lipinski definition) is 4. The lowest BCUT2D eigenvalue weighted by Crippen LogP contribution is -2.46. The van der Waals surface area contributed by atoms with E-state index >= 15 is 0 Å². The third-order valence-corrected chi connectivity index (χ3v) is 2.71. The van der Waals surface area contributed by atoms with Crippen molar-refractivity contribution in [2.75, 3.05) is 18.5 Å². The van der Waals surface area contributed by atoms with E-state index in [9.17, 15) is 4.79 Å². The molecule has 1 aliphatic rings. The van der Waals surface area contributed by atoms with Crippen LogP contribution in [0.25, 0.3) is 0 Å². The van der Waals surface area contributed by atoms with Crippen molar-refractivity contribution in [1.29, 1.82) is 0 Å². The number of benzene rings is 1. The molecule has 0 fully saturated rings. The average Bonchev–Trinajstić information content (AvgIpc) is 2.28. The summed E-state index contributed by atoms with van der Waals surface area (Å²) in [5.41, 5.74) is 0.520. The van der Waals surface area contributed by atoms with Crippen LogP contribution in [0.2, 0.25) is 0 Å². The van der Waals surface area contributed by atoms with Crippen LogP contribution in [0, 0.1) is 0 Å². The van der Waals surface area contributed by atoms with Gasteiger partial charge in [0.15, 0.2) is 0 Å². The molecule has 17 heavy (non-hydrogen) atoms. The third kappa shape index (κ3) is 2.70. The van der Waals surface area contributed by atoms with Crippen LogP contribution in [-0.2, 0) is 9.53 Å². The van der Waals surface area contributed by atoms with E-state index in [0.717, 1.165) is 11.4 Å². The molecule has 0 aliphatic carbocycles. The van der Waals surface area contributed by atoms with Gasteiger partial charge in [0.2, 0.25) is 0 Å². The third-order valence-electron chi connectivity index (χ3n) is 2.71. The number of rotatable bonds is 3. The van der Waals surface area contributed by atoms with Crippen molar-refractivity contribution in [3.8, 4) is 5.75 Å². The average molecular weight is 235 g/mol. The predicted octanol–water partition coefficient (Wildman–Crippen LogP) is 2.20. The quantitative estimate of drug-likeness (QED) is 0.816. The van der Waals surface area contributed by atoms with Crippen LogP contribution in [0.4, 0.5) is 5.69 Å². The van der Waals surface area contributed by atoms with Gasteiger partial charge >= 0.3 is 5.97 Å². The molecule has 2 rings (SSSR count). The van der Waals surface area contributed by atoms with Gasteiger partial charge in [0.25, 0.3) is 0 Å². The second kappa shape index (κ2) is 4.65. The lowest BCUT2D eigenvalue weighted by atomic mass is 9.97. The number of carbonyl (C=O) groups excluding carboxylic acids is 1. The van der Waals surface area contributed by atoms with Crippen molar-refractivity contribution in [2.45, 2.75) is 25.8 Å². The minimum atomic E-state index is -0.402. The molecule has 1 aromatic carbocycles. The molecule has 0 bridgehead atoms. The van der Waals surface area contributed by atoms with Gasteiger partial charge in [-0.3, -0.25) is 4.79 Å². The summed E-state index contributed by atoms with van der Waals surface area (Å²) in [4.78, 5) is 11.5. The molecular weight excluding hydrogens is 218 g/mol. The first-order chi connectivity index (χ1) is 8.13. The number of carbonyl (C=O) groups is 1. The molecule has 0 spiro atoms. The van der Waals surface area contributed by atoms with Crippen LogP contribution in [0.5, 0.6) is 5.75 Å². The number of ether oxygens (including phenoxy) is 2. The van der Waals surface area contributed by atoms with Gasteiger partial charge < -0.3 is 14.8 Å².